The molecule has 0 saturated carbocycles. The summed E-state index contributed by atoms with van der Waals surface area (Å²) in [7, 11) is 1.28. The maximum atomic E-state index is 11.6. The summed E-state index contributed by atoms with van der Waals surface area (Å²) < 4.78 is 6.51. The minimum absolute atomic E-state index is 0.0212. The molecule has 124 valence electrons. The summed E-state index contributed by atoms with van der Waals surface area (Å²) in [5, 5.41) is 12.9. The predicted molar refractivity (Wildman–Crippen MR) is 88.9 cm³/mol. The molecule has 0 amide bonds. The fourth-order valence-corrected chi connectivity index (χ4v) is 3.20. The number of nitro groups is 1. The Morgan fingerprint density at radius 3 is 3.04 bits per heavy atom. The molecule has 2 aromatic heterocycles. The Hall–Kier alpha value is -2.78. The van der Waals surface area contributed by atoms with Crippen LogP contribution in [0, 0.1) is 10.1 Å². The third kappa shape index (κ3) is 2.86. The van der Waals surface area contributed by atoms with Gasteiger partial charge >= 0.3 is 5.97 Å². The van der Waals surface area contributed by atoms with Crippen LogP contribution in [0.1, 0.15) is 5.69 Å². The van der Waals surface area contributed by atoms with E-state index in [2.05, 4.69) is 9.72 Å². The van der Waals surface area contributed by atoms with Crippen LogP contribution in [-0.2, 0) is 16.0 Å². The molecule has 3 rings (SSSR count). The van der Waals surface area contributed by atoms with Crippen LogP contribution in [0.25, 0.3) is 16.2 Å². The molecule has 0 radical (unpaired) electrons. The number of aromatic nitrogens is 2. The largest absolute Gasteiger partial charge is 0.468 e. The van der Waals surface area contributed by atoms with Gasteiger partial charge in [-0.15, -0.1) is 11.3 Å². The molecule has 2 N–H and O–H groups in total. The summed E-state index contributed by atoms with van der Waals surface area (Å²) in [6.07, 6.45) is 2.04. The number of ether oxygens (including phenoxy) is 1. The lowest BCUT2D eigenvalue weighted by Gasteiger charge is -2.10. The molecule has 9 heteroatoms. The van der Waals surface area contributed by atoms with Crippen molar-refractivity contribution in [1.82, 2.24) is 9.38 Å². The fraction of sp³-hybridized carbons (Fsp3) is 0.200. The number of nitro benzene ring substituents is 1. The van der Waals surface area contributed by atoms with Crippen molar-refractivity contribution in [3.63, 3.8) is 0 Å². The van der Waals surface area contributed by atoms with Gasteiger partial charge in [-0.1, -0.05) is 12.1 Å². The summed E-state index contributed by atoms with van der Waals surface area (Å²) >= 11 is 1.43. The lowest BCUT2D eigenvalue weighted by Crippen LogP contribution is -2.34. The molecule has 0 spiro atoms. The zero-order valence-corrected chi connectivity index (χ0v) is 13.5. The summed E-state index contributed by atoms with van der Waals surface area (Å²) in [6.45, 7) is 0. The first-order valence-corrected chi connectivity index (χ1v) is 7.92. The number of carbonyl (C=O) groups is 1. The van der Waals surface area contributed by atoms with Crippen LogP contribution in [0.5, 0.6) is 0 Å². The number of rotatable bonds is 5. The van der Waals surface area contributed by atoms with Crippen LogP contribution in [0.3, 0.4) is 0 Å². The normalized spacial score (nSPS) is 12.2. The lowest BCUT2D eigenvalue weighted by atomic mass is 10.0. The van der Waals surface area contributed by atoms with Crippen molar-refractivity contribution >= 4 is 28.0 Å². The SMILES string of the molecule is COC(=O)C(N)Cc1c(-c2cccc([N+](=O)[O-])c2)nc2sccn12. The van der Waals surface area contributed by atoms with Crippen molar-refractivity contribution in [1.29, 1.82) is 0 Å². The van der Waals surface area contributed by atoms with Crippen molar-refractivity contribution in [2.45, 2.75) is 12.5 Å². The van der Waals surface area contributed by atoms with E-state index in [1.165, 1.54) is 30.6 Å². The van der Waals surface area contributed by atoms with E-state index in [1.807, 2.05) is 16.0 Å². The van der Waals surface area contributed by atoms with Gasteiger partial charge in [-0.05, 0) is 0 Å². The standard InChI is InChI=1S/C15H14N4O4S/c1-23-14(20)11(16)8-12-13(17-15-18(12)5-6-24-15)9-3-2-4-10(7-9)19(21)22/h2-7,11H,8,16H2,1H3. The molecule has 24 heavy (non-hydrogen) atoms. The maximum absolute atomic E-state index is 11.6. The number of esters is 1. The predicted octanol–water partition coefficient (Wildman–Crippen LogP) is 2.01. The summed E-state index contributed by atoms with van der Waals surface area (Å²) in [6, 6.07) is 5.38. The van der Waals surface area contributed by atoms with Crippen LogP contribution in [0.15, 0.2) is 35.8 Å². The van der Waals surface area contributed by atoms with Gasteiger partial charge in [-0.25, -0.2) is 4.98 Å². The van der Waals surface area contributed by atoms with Gasteiger partial charge in [0.2, 0.25) is 0 Å². The number of carbonyl (C=O) groups excluding carboxylic acids is 1. The number of benzene rings is 1. The molecule has 1 unspecified atom stereocenters. The third-order valence-electron chi connectivity index (χ3n) is 3.61. The van der Waals surface area contributed by atoms with Gasteiger partial charge in [-0.2, -0.15) is 0 Å². The van der Waals surface area contributed by atoms with Crippen molar-refractivity contribution in [3.8, 4) is 11.3 Å². The number of fused-ring (bicyclic) bond motifs is 1. The van der Waals surface area contributed by atoms with Crippen LogP contribution >= 0.6 is 11.3 Å². The van der Waals surface area contributed by atoms with E-state index in [9.17, 15) is 14.9 Å². The summed E-state index contributed by atoms with van der Waals surface area (Å²) in [5.41, 5.74) is 7.75. The highest BCUT2D eigenvalue weighted by atomic mass is 32.1. The highest BCUT2D eigenvalue weighted by molar-refractivity contribution is 7.15. The quantitative estimate of drug-likeness (QED) is 0.429. The van der Waals surface area contributed by atoms with E-state index in [0.29, 0.717) is 17.0 Å². The second kappa shape index (κ2) is 6.38. The molecule has 0 aliphatic carbocycles. The molecule has 1 atom stereocenters. The van der Waals surface area contributed by atoms with Gasteiger partial charge in [0.1, 0.15) is 6.04 Å². The summed E-state index contributed by atoms with van der Waals surface area (Å²) in [5.74, 6) is -0.523. The number of hydrogen-bond donors (Lipinski definition) is 1. The zero-order valence-electron chi connectivity index (χ0n) is 12.7. The number of nitrogens with zero attached hydrogens (tertiary/aromatic N) is 3. The van der Waals surface area contributed by atoms with E-state index in [-0.39, 0.29) is 12.1 Å². The van der Waals surface area contributed by atoms with Crippen molar-refractivity contribution in [2.24, 2.45) is 5.73 Å². The Labute approximate surface area is 140 Å². The van der Waals surface area contributed by atoms with Crippen molar-refractivity contribution < 1.29 is 14.5 Å². The molecular weight excluding hydrogens is 332 g/mol. The average Bonchev–Trinajstić information content (AvgIpc) is 3.16. The number of nitrogens with two attached hydrogens (primary N) is 1. The molecule has 0 aliphatic rings. The summed E-state index contributed by atoms with van der Waals surface area (Å²) in [4.78, 5) is 27.4. The first kappa shape index (κ1) is 16.1. The Morgan fingerprint density at radius 1 is 1.54 bits per heavy atom. The molecule has 2 heterocycles. The van der Waals surface area contributed by atoms with Crippen LogP contribution in [-0.4, -0.2) is 33.4 Å². The molecule has 1 aromatic carbocycles. The molecular formula is C15H14N4O4S. The second-order valence-corrected chi connectivity index (χ2v) is 5.98. The fourth-order valence-electron chi connectivity index (χ4n) is 2.47. The van der Waals surface area contributed by atoms with Gasteiger partial charge < -0.3 is 10.5 Å². The van der Waals surface area contributed by atoms with Crippen molar-refractivity contribution in [2.75, 3.05) is 7.11 Å². The maximum Gasteiger partial charge on any atom is 0.323 e. The number of methoxy groups -OCH3 is 1. The van der Waals surface area contributed by atoms with Gasteiger partial charge in [0, 0.05) is 35.7 Å². The molecule has 0 aliphatic heterocycles. The highest BCUT2D eigenvalue weighted by Crippen LogP contribution is 2.29. The van der Waals surface area contributed by atoms with E-state index < -0.39 is 16.9 Å². The lowest BCUT2D eigenvalue weighted by molar-refractivity contribution is -0.384. The Kier molecular flexibility index (Phi) is 4.28. The number of imidazole rings is 1. The number of hydrogen-bond acceptors (Lipinski definition) is 7. The van der Waals surface area contributed by atoms with E-state index in [4.69, 9.17) is 5.73 Å². The Balaban J connectivity index is 2.09. The first-order valence-electron chi connectivity index (χ1n) is 7.04. The monoisotopic (exact) mass is 346 g/mol. The van der Waals surface area contributed by atoms with E-state index >= 15 is 0 Å². The average molecular weight is 346 g/mol. The molecule has 0 saturated heterocycles. The number of non-ortho nitro benzene ring substituents is 1. The minimum atomic E-state index is -0.841. The molecule has 0 bridgehead atoms. The van der Waals surface area contributed by atoms with E-state index in [1.54, 1.807) is 12.1 Å². The minimum Gasteiger partial charge on any atom is -0.468 e. The molecule has 0 fully saturated rings. The van der Waals surface area contributed by atoms with Crippen LogP contribution in [0.2, 0.25) is 0 Å². The smallest absolute Gasteiger partial charge is 0.323 e. The highest BCUT2D eigenvalue weighted by Gasteiger charge is 2.22. The second-order valence-electron chi connectivity index (χ2n) is 5.10. The van der Waals surface area contributed by atoms with E-state index in [0.717, 1.165) is 4.96 Å². The third-order valence-corrected chi connectivity index (χ3v) is 4.37. The van der Waals surface area contributed by atoms with Gasteiger partial charge in [0.25, 0.3) is 5.69 Å². The zero-order chi connectivity index (χ0) is 17.3. The van der Waals surface area contributed by atoms with Gasteiger partial charge in [-0.3, -0.25) is 19.3 Å². The van der Waals surface area contributed by atoms with Crippen molar-refractivity contribution in [3.05, 3.63) is 51.7 Å². The first-order chi connectivity index (χ1) is 11.5. The van der Waals surface area contributed by atoms with Gasteiger partial charge in [0.15, 0.2) is 4.96 Å². The molecule has 3 aromatic rings. The molecule has 8 nitrogen and oxygen atoms in total. The Bertz CT molecular complexity index is 917. The number of thiazole rings is 1. The van der Waals surface area contributed by atoms with Gasteiger partial charge in [0.05, 0.1) is 23.4 Å². The van der Waals surface area contributed by atoms with Crippen LogP contribution < -0.4 is 5.73 Å². The van der Waals surface area contributed by atoms with Crippen LogP contribution in [0.4, 0.5) is 5.69 Å². The topological polar surface area (TPSA) is 113 Å². The Morgan fingerprint density at radius 2 is 2.33 bits per heavy atom.